The average molecular weight is 211 g/mol. The van der Waals surface area contributed by atoms with Crippen molar-refractivity contribution in [2.75, 3.05) is 19.8 Å². The second-order valence-corrected chi connectivity index (χ2v) is 3.66. The minimum Gasteiger partial charge on any atom is -0.468 e. The van der Waals surface area contributed by atoms with Gasteiger partial charge in [0.15, 0.2) is 0 Å². The van der Waals surface area contributed by atoms with Crippen LogP contribution in [0.25, 0.3) is 0 Å². The van der Waals surface area contributed by atoms with Crippen LogP contribution in [-0.4, -0.2) is 19.8 Å². The second-order valence-electron chi connectivity index (χ2n) is 3.66. The summed E-state index contributed by atoms with van der Waals surface area (Å²) in [6, 6.07) is 4.15. The zero-order valence-corrected chi connectivity index (χ0v) is 9.66. The molecule has 1 heterocycles. The molecule has 0 bridgehead atoms. The molecular weight excluding hydrogens is 190 g/mol. The highest BCUT2D eigenvalue weighted by Gasteiger charge is 2.05. The Labute approximate surface area is 91.8 Å². The van der Waals surface area contributed by atoms with Crippen LogP contribution >= 0.6 is 0 Å². The van der Waals surface area contributed by atoms with Gasteiger partial charge in [-0.2, -0.15) is 0 Å². The molecule has 0 spiro atoms. The zero-order valence-electron chi connectivity index (χ0n) is 9.66. The molecule has 1 aromatic rings. The Kier molecular flexibility index (Phi) is 6.12. The van der Waals surface area contributed by atoms with Crippen LogP contribution in [0.3, 0.4) is 0 Å². The van der Waals surface area contributed by atoms with Crippen LogP contribution in [0.4, 0.5) is 0 Å². The van der Waals surface area contributed by atoms with E-state index in [1.807, 2.05) is 12.1 Å². The molecule has 15 heavy (non-hydrogen) atoms. The van der Waals surface area contributed by atoms with Gasteiger partial charge in [-0.3, -0.25) is 0 Å². The van der Waals surface area contributed by atoms with Crippen LogP contribution in [0.15, 0.2) is 22.8 Å². The molecule has 0 radical (unpaired) electrons. The summed E-state index contributed by atoms with van der Waals surface area (Å²) in [6.07, 6.45) is 4.04. The molecule has 0 amide bonds. The number of unbranched alkanes of at least 4 members (excludes halogenated alkanes) is 1. The fourth-order valence-electron chi connectivity index (χ4n) is 1.33. The van der Waals surface area contributed by atoms with Gasteiger partial charge in [-0.1, -0.05) is 13.3 Å². The van der Waals surface area contributed by atoms with E-state index in [2.05, 4.69) is 19.2 Å². The maximum absolute atomic E-state index is 5.45. The molecule has 0 aliphatic carbocycles. The standard InChI is InChI=1S/C12H21NO2/c1-3-4-8-14-10-7-13-11(2)12-6-5-9-15-12/h5-6,9,11,13H,3-4,7-8,10H2,1-2H3/t11-/m0/s1. The first kappa shape index (κ1) is 12.3. The number of ether oxygens (including phenoxy) is 1. The summed E-state index contributed by atoms with van der Waals surface area (Å²) in [6.45, 7) is 6.76. The molecule has 3 nitrogen and oxygen atoms in total. The van der Waals surface area contributed by atoms with E-state index in [1.54, 1.807) is 6.26 Å². The Morgan fingerprint density at radius 1 is 1.47 bits per heavy atom. The van der Waals surface area contributed by atoms with Gasteiger partial charge in [-0.25, -0.2) is 0 Å². The van der Waals surface area contributed by atoms with Gasteiger partial charge < -0.3 is 14.5 Å². The molecule has 0 saturated heterocycles. The monoisotopic (exact) mass is 211 g/mol. The summed E-state index contributed by atoms with van der Waals surface area (Å²) in [5, 5.41) is 3.34. The van der Waals surface area contributed by atoms with Crippen molar-refractivity contribution < 1.29 is 9.15 Å². The normalized spacial score (nSPS) is 12.9. The number of furan rings is 1. The van der Waals surface area contributed by atoms with Crippen molar-refractivity contribution in [3.63, 3.8) is 0 Å². The molecule has 0 saturated carbocycles. The van der Waals surface area contributed by atoms with Crippen LogP contribution in [-0.2, 0) is 4.74 Å². The Hall–Kier alpha value is -0.800. The lowest BCUT2D eigenvalue weighted by molar-refractivity contribution is 0.130. The number of rotatable bonds is 8. The Morgan fingerprint density at radius 3 is 3.00 bits per heavy atom. The van der Waals surface area contributed by atoms with Gasteiger partial charge in [0.2, 0.25) is 0 Å². The molecular formula is C12H21NO2. The van der Waals surface area contributed by atoms with Gasteiger partial charge in [0.1, 0.15) is 5.76 Å². The van der Waals surface area contributed by atoms with E-state index in [1.165, 1.54) is 6.42 Å². The van der Waals surface area contributed by atoms with E-state index in [4.69, 9.17) is 9.15 Å². The number of nitrogens with one attached hydrogen (secondary N) is 1. The van der Waals surface area contributed by atoms with Crippen LogP contribution in [0.5, 0.6) is 0 Å². The quantitative estimate of drug-likeness (QED) is 0.671. The minimum atomic E-state index is 0.259. The van der Waals surface area contributed by atoms with Crippen molar-refractivity contribution in [2.45, 2.75) is 32.7 Å². The molecule has 1 N–H and O–H groups in total. The van der Waals surface area contributed by atoms with Gasteiger partial charge in [0, 0.05) is 13.2 Å². The molecule has 0 unspecified atom stereocenters. The van der Waals surface area contributed by atoms with E-state index in [-0.39, 0.29) is 6.04 Å². The minimum absolute atomic E-state index is 0.259. The van der Waals surface area contributed by atoms with Crippen LogP contribution in [0.2, 0.25) is 0 Å². The Bertz CT molecular complexity index is 234. The van der Waals surface area contributed by atoms with Gasteiger partial charge in [0.05, 0.1) is 18.9 Å². The molecule has 86 valence electrons. The summed E-state index contributed by atoms with van der Waals surface area (Å²) in [7, 11) is 0. The highest BCUT2D eigenvalue weighted by Crippen LogP contribution is 2.11. The van der Waals surface area contributed by atoms with Crippen molar-refractivity contribution in [1.82, 2.24) is 5.32 Å². The molecule has 0 aromatic carbocycles. The third-order valence-electron chi connectivity index (χ3n) is 2.31. The SMILES string of the molecule is CCCCOCCN[C@@H](C)c1ccco1. The lowest BCUT2D eigenvalue weighted by atomic mass is 10.2. The van der Waals surface area contributed by atoms with E-state index in [9.17, 15) is 0 Å². The van der Waals surface area contributed by atoms with Crippen LogP contribution in [0.1, 0.15) is 38.5 Å². The maximum Gasteiger partial charge on any atom is 0.120 e. The first-order valence-electron chi connectivity index (χ1n) is 5.69. The molecule has 3 heteroatoms. The summed E-state index contributed by atoms with van der Waals surface area (Å²) in [5.74, 6) is 0.976. The van der Waals surface area contributed by atoms with Crippen molar-refractivity contribution in [3.05, 3.63) is 24.2 Å². The summed E-state index contributed by atoms with van der Waals surface area (Å²) >= 11 is 0. The summed E-state index contributed by atoms with van der Waals surface area (Å²) in [4.78, 5) is 0. The molecule has 0 aliphatic rings. The highest BCUT2D eigenvalue weighted by molar-refractivity contribution is 5.02. The fourth-order valence-corrected chi connectivity index (χ4v) is 1.33. The van der Waals surface area contributed by atoms with Crippen molar-refractivity contribution in [1.29, 1.82) is 0 Å². The third-order valence-corrected chi connectivity index (χ3v) is 2.31. The van der Waals surface area contributed by atoms with E-state index in [0.29, 0.717) is 0 Å². The smallest absolute Gasteiger partial charge is 0.120 e. The van der Waals surface area contributed by atoms with Gasteiger partial charge >= 0.3 is 0 Å². The van der Waals surface area contributed by atoms with Crippen LogP contribution in [0, 0.1) is 0 Å². The number of hydrogen-bond acceptors (Lipinski definition) is 3. The summed E-state index contributed by atoms with van der Waals surface area (Å²) in [5.41, 5.74) is 0. The Balaban J connectivity index is 2.00. The van der Waals surface area contributed by atoms with Crippen molar-refractivity contribution in [2.24, 2.45) is 0 Å². The predicted molar refractivity (Wildman–Crippen MR) is 60.9 cm³/mol. The zero-order chi connectivity index (χ0) is 10.9. The van der Waals surface area contributed by atoms with E-state index < -0.39 is 0 Å². The third kappa shape index (κ3) is 5.00. The average Bonchev–Trinajstić information content (AvgIpc) is 2.76. The van der Waals surface area contributed by atoms with Crippen molar-refractivity contribution in [3.8, 4) is 0 Å². The molecule has 0 aliphatic heterocycles. The molecule has 1 rings (SSSR count). The van der Waals surface area contributed by atoms with Crippen molar-refractivity contribution >= 4 is 0 Å². The topological polar surface area (TPSA) is 34.4 Å². The van der Waals surface area contributed by atoms with Gasteiger partial charge in [-0.05, 0) is 25.5 Å². The molecule has 1 atom stereocenters. The van der Waals surface area contributed by atoms with Crippen LogP contribution < -0.4 is 5.32 Å². The first-order valence-corrected chi connectivity index (χ1v) is 5.69. The highest BCUT2D eigenvalue weighted by atomic mass is 16.5. The maximum atomic E-state index is 5.45. The van der Waals surface area contributed by atoms with E-state index in [0.717, 1.165) is 31.9 Å². The fraction of sp³-hybridized carbons (Fsp3) is 0.667. The molecule has 1 aromatic heterocycles. The lowest BCUT2D eigenvalue weighted by Gasteiger charge is -2.11. The largest absolute Gasteiger partial charge is 0.468 e. The number of hydrogen-bond donors (Lipinski definition) is 1. The second kappa shape index (κ2) is 7.49. The Morgan fingerprint density at radius 2 is 2.33 bits per heavy atom. The lowest BCUT2D eigenvalue weighted by Crippen LogP contribution is -2.23. The summed E-state index contributed by atoms with van der Waals surface area (Å²) < 4.78 is 10.7. The molecule has 0 fully saturated rings. The first-order chi connectivity index (χ1) is 7.34. The van der Waals surface area contributed by atoms with Gasteiger partial charge in [0.25, 0.3) is 0 Å². The predicted octanol–water partition coefficient (Wildman–Crippen LogP) is 2.75. The van der Waals surface area contributed by atoms with E-state index >= 15 is 0 Å². The van der Waals surface area contributed by atoms with Gasteiger partial charge in [-0.15, -0.1) is 0 Å².